The van der Waals surface area contributed by atoms with Gasteiger partial charge in [-0.2, -0.15) is 15.0 Å². The van der Waals surface area contributed by atoms with Crippen LogP contribution in [0.25, 0.3) is 0 Å². The van der Waals surface area contributed by atoms with Gasteiger partial charge >= 0.3 is 0 Å². The molecule has 0 saturated carbocycles. The van der Waals surface area contributed by atoms with E-state index in [-0.39, 0.29) is 12.3 Å². The molecule has 0 saturated heterocycles. The fraction of sp³-hybridized carbons (Fsp3) is 0.333. The first-order valence-corrected chi connectivity index (χ1v) is 15.0. The molecule has 0 aliphatic rings. The summed E-state index contributed by atoms with van der Waals surface area (Å²) in [5.74, 6) is 1.33. The smallest absolute Gasteiger partial charge is 0.233 e. The Balaban J connectivity index is 1.29. The molecular formula is C33H42N8O3. The Hall–Kier alpha value is -4.58. The molecule has 44 heavy (non-hydrogen) atoms. The Morgan fingerprint density at radius 2 is 1.16 bits per heavy atom. The molecule has 0 spiro atoms. The first-order valence-electron chi connectivity index (χ1n) is 15.0. The molecule has 232 valence electrons. The number of nitrogens with two attached hydrogens (primary N) is 1. The number of nitrogens with one attached hydrogen (secondary N) is 4. The highest BCUT2D eigenvalue weighted by Gasteiger charge is 2.09. The van der Waals surface area contributed by atoms with Crippen LogP contribution in [0, 0.1) is 0 Å². The van der Waals surface area contributed by atoms with E-state index in [4.69, 9.17) is 15.2 Å². The number of hydrogen-bond acceptors (Lipinski definition) is 10. The molecule has 1 heterocycles. The molecule has 0 atom stereocenters. The van der Waals surface area contributed by atoms with Crippen LogP contribution in [0.15, 0.2) is 84.9 Å². The van der Waals surface area contributed by atoms with Crippen LogP contribution in [0.4, 0.5) is 23.5 Å². The summed E-state index contributed by atoms with van der Waals surface area (Å²) in [4.78, 5) is 26.1. The van der Waals surface area contributed by atoms with Crippen molar-refractivity contribution in [1.29, 1.82) is 0 Å². The van der Waals surface area contributed by atoms with E-state index in [2.05, 4.69) is 60.5 Å². The zero-order valence-electron chi connectivity index (χ0n) is 25.0. The van der Waals surface area contributed by atoms with Gasteiger partial charge in [-0.15, -0.1) is 0 Å². The van der Waals surface area contributed by atoms with Gasteiger partial charge in [0.15, 0.2) is 0 Å². The van der Waals surface area contributed by atoms with Crippen LogP contribution >= 0.6 is 0 Å². The number of nitrogens with zero attached hydrogens (tertiary/aromatic N) is 3. The summed E-state index contributed by atoms with van der Waals surface area (Å²) in [6.45, 7) is 4.22. The Labute approximate surface area is 259 Å². The predicted octanol–water partition coefficient (Wildman–Crippen LogP) is 3.58. The molecule has 4 rings (SSSR count). The lowest BCUT2D eigenvalue weighted by molar-refractivity contribution is -0.120. The second-order valence-corrected chi connectivity index (χ2v) is 9.99. The zero-order chi connectivity index (χ0) is 30.7. The first kappa shape index (κ1) is 32.3. The summed E-state index contributed by atoms with van der Waals surface area (Å²) >= 11 is 0. The molecule has 11 nitrogen and oxygen atoms in total. The first-order chi connectivity index (χ1) is 21.7. The van der Waals surface area contributed by atoms with Gasteiger partial charge in [0.1, 0.15) is 0 Å². The lowest BCUT2D eigenvalue weighted by Crippen LogP contribution is -2.29. The van der Waals surface area contributed by atoms with Crippen molar-refractivity contribution in [3.8, 4) is 0 Å². The average molecular weight is 599 g/mol. The van der Waals surface area contributed by atoms with Crippen LogP contribution in [-0.4, -0.2) is 73.5 Å². The Kier molecular flexibility index (Phi) is 13.9. The minimum absolute atomic E-state index is 0.0661. The van der Waals surface area contributed by atoms with Gasteiger partial charge in [0.25, 0.3) is 0 Å². The standard InChI is InChI=1S/C33H42N8O3/c34-17-21-43-23-24-44-22-20-35-30(42)25-28-11-13-29(14-12-28)38-33-40-31(36-18-15-26-7-3-1-4-8-26)39-32(41-33)37-19-16-27-9-5-2-6-10-27/h1-14H,15-25,34H2,(H,35,42)(H3,36,37,38,39,40,41). The van der Waals surface area contributed by atoms with Crippen LogP contribution in [0.5, 0.6) is 0 Å². The van der Waals surface area contributed by atoms with E-state index >= 15 is 0 Å². The number of rotatable bonds is 20. The van der Waals surface area contributed by atoms with E-state index < -0.39 is 0 Å². The number of ether oxygens (including phenoxy) is 2. The number of carbonyl (C=O) groups is 1. The van der Waals surface area contributed by atoms with E-state index in [0.717, 1.165) is 24.1 Å². The number of carbonyl (C=O) groups excluding carboxylic acids is 1. The summed E-state index contributed by atoms with van der Waals surface area (Å²) in [5.41, 5.74) is 9.54. The molecule has 3 aromatic carbocycles. The van der Waals surface area contributed by atoms with Gasteiger partial charge in [0.05, 0.1) is 32.8 Å². The second kappa shape index (κ2) is 18.9. The van der Waals surface area contributed by atoms with E-state index in [0.29, 0.717) is 70.5 Å². The molecule has 1 aromatic heterocycles. The molecule has 4 aromatic rings. The van der Waals surface area contributed by atoms with Crippen molar-refractivity contribution in [2.75, 3.05) is 68.6 Å². The molecule has 11 heteroatoms. The van der Waals surface area contributed by atoms with Gasteiger partial charge in [-0.1, -0.05) is 72.8 Å². The van der Waals surface area contributed by atoms with Gasteiger partial charge in [-0.25, -0.2) is 0 Å². The SMILES string of the molecule is NCCOCCOCCNC(=O)Cc1ccc(Nc2nc(NCCc3ccccc3)nc(NCCc3ccccc3)n2)cc1. The van der Waals surface area contributed by atoms with Crippen molar-refractivity contribution in [3.05, 3.63) is 102 Å². The monoisotopic (exact) mass is 598 g/mol. The van der Waals surface area contributed by atoms with Gasteiger partial charge < -0.3 is 36.5 Å². The molecule has 1 amide bonds. The number of hydrogen-bond donors (Lipinski definition) is 5. The quantitative estimate of drug-likeness (QED) is 0.0956. The van der Waals surface area contributed by atoms with Crippen molar-refractivity contribution in [2.24, 2.45) is 5.73 Å². The highest BCUT2D eigenvalue weighted by atomic mass is 16.5. The second-order valence-electron chi connectivity index (χ2n) is 9.99. The van der Waals surface area contributed by atoms with Crippen LogP contribution in [0.3, 0.4) is 0 Å². The highest BCUT2D eigenvalue weighted by Crippen LogP contribution is 2.17. The third-order valence-electron chi connectivity index (χ3n) is 6.49. The van der Waals surface area contributed by atoms with E-state index in [9.17, 15) is 4.79 Å². The van der Waals surface area contributed by atoms with Crippen molar-refractivity contribution in [1.82, 2.24) is 20.3 Å². The van der Waals surface area contributed by atoms with E-state index in [1.165, 1.54) is 11.1 Å². The molecular weight excluding hydrogens is 556 g/mol. The van der Waals surface area contributed by atoms with Gasteiger partial charge in [-0.05, 0) is 41.7 Å². The highest BCUT2D eigenvalue weighted by molar-refractivity contribution is 5.78. The Morgan fingerprint density at radius 1 is 0.614 bits per heavy atom. The van der Waals surface area contributed by atoms with Crippen molar-refractivity contribution >= 4 is 29.4 Å². The molecule has 0 fully saturated rings. The summed E-state index contributed by atoms with van der Waals surface area (Å²) < 4.78 is 10.7. The predicted molar refractivity (Wildman–Crippen MR) is 174 cm³/mol. The molecule has 0 bridgehead atoms. The Bertz CT molecular complexity index is 1310. The lowest BCUT2D eigenvalue weighted by Gasteiger charge is -2.12. The molecule has 6 N–H and O–H groups in total. The fourth-order valence-electron chi connectivity index (χ4n) is 4.27. The fourth-order valence-corrected chi connectivity index (χ4v) is 4.27. The minimum atomic E-state index is -0.0661. The van der Waals surface area contributed by atoms with Crippen molar-refractivity contribution < 1.29 is 14.3 Å². The zero-order valence-corrected chi connectivity index (χ0v) is 25.0. The average Bonchev–Trinajstić information content (AvgIpc) is 3.04. The molecule has 0 aliphatic heterocycles. The topological polar surface area (TPSA) is 148 Å². The number of amides is 1. The molecule has 0 radical (unpaired) electrons. The van der Waals surface area contributed by atoms with Crippen LogP contribution in [0.2, 0.25) is 0 Å². The summed E-state index contributed by atoms with van der Waals surface area (Å²) in [5, 5.41) is 12.8. The largest absolute Gasteiger partial charge is 0.378 e. The van der Waals surface area contributed by atoms with Crippen LogP contribution in [-0.2, 0) is 33.5 Å². The maximum absolute atomic E-state index is 12.3. The Morgan fingerprint density at radius 3 is 1.73 bits per heavy atom. The number of aromatic nitrogens is 3. The van der Waals surface area contributed by atoms with E-state index in [1.807, 2.05) is 60.7 Å². The lowest BCUT2D eigenvalue weighted by atomic mass is 10.1. The van der Waals surface area contributed by atoms with Gasteiger partial charge in [-0.3, -0.25) is 4.79 Å². The third kappa shape index (κ3) is 12.3. The van der Waals surface area contributed by atoms with Crippen LogP contribution in [0.1, 0.15) is 16.7 Å². The third-order valence-corrected chi connectivity index (χ3v) is 6.49. The maximum Gasteiger partial charge on any atom is 0.233 e. The van der Waals surface area contributed by atoms with Crippen LogP contribution < -0.4 is 27.0 Å². The summed E-state index contributed by atoms with van der Waals surface area (Å²) in [7, 11) is 0. The van der Waals surface area contributed by atoms with Crippen molar-refractivity contribution in [3.63, 3.8) is 0 Å². The summed E-state index contributed by atoms with van der Waals surface area (Å²) in [6, 6.07) is 28.2. The molecule has 0 unspecified atom stereocenters. The minimum Gasteiger partial charge on any atom is -0.378 e. The van der Waals surface area contributed by atoms with Crippen molar-refractivity contribution in [2.45, 2.75) is 19.3 Å². The normalized spacial score (nSPS) is 10.8. The maximum atomic E-state index is 12.3. The number of anilines is 4. The molecule has 0 aliphatic carbocycles. The van der Waals surface area contributed by atoms with Gasteiger partial charge in [0.2, 0.25) is 23.8 Å². The van der Waals surface area contributed by atoms with Gasteiger partial charge in [0, 0.05) is 31.9 Å². The number of benzene rings is 3. The summed E-state index contributed by atoms with van der Waals surface area (Å²) in [6.07, 6.45) is 1.97. The van der Waals surface area contributed by atoms with E-state index in [1.54, 1.807) is 0 Å².